The summed E-state index contributed by atoms with van der Waals surface area (Å²) < 4.78 is 26.6. The van der Waals surface area contributed by atoms with Crippen molar-refractivity contribution < 1.29 is 23.1 Å². The summed E-state index contributed by atoms with van der Waals surface area (Å²) in [6.07, 6.45) is 0.701. The fraction of sp³-hybridized carbons (Fsp3) is 0.529. The molecule has 1 saturated heterocycles. The summed E-state index contributed by atoms with van der Waals surface area (Å²) in [4.78, 5) is 23.7. The Kier molecular flexibility index (Phi) is 6.65. The molecule has 1 aliphatic rings. The first-order chi connectivity index (χ1) is 12.1. The molecule has 1 aliphatic heterocycles. The molecule has 0 radical (unpaired) electrons. The standard InChI is InChI=1S/C17H23ClN2O5S/c1-11(2)15(17(22)23)19-16(21)12-7-9-20(10-8-12)26(24,25)14-5-3-13(18)4-6-14/h3-6,11-12,15H,7-10H2,1-2H3,(H,19,21)(H,22,23)/t15-/m1/s1. The number of carbonyl (C=O) groups is 2. The number of rotatable bonds is 6. The van der Waals surface area contributed by atoms with Crippen LogP contribution in [0.5, 0.6) is 0 Å². The van der Waals surface area contributed by atoms with Gasteiger partial charge in [-0.1, -0.05) is 25.4 Å². The molecule has 7 nitrogen and oxygen atoms in total. The van der Waals surface area contributed by atoms with Crippen molar-refractivity contribution in [1.29, 1.82) is 0 Å². The molecule has 26 heavy (non-hydrogen) atoms. The lowest BCUT2D eigenvalue weighted by atomic mass is 9.95. The van der Waals surface area contributed by atoms with Gasteiger partial charge in [-0.05, 0) is 43.0 Å². The third-order valence-electron chi connectivity index (χ3n) is 4.51. The Morgan fingerprint density at radius 1 is 1.19 bits per heavy atom. The third-order valence-corrected chi connectivity index (χ3v) is 6.67. The average Bonchev–Trinajstić information content (AvgIpc) is 2.59. The lowest BCUT2D eigenvalue weighted by molar-refractivity contribution is -0.144. The second-order valence-corrected chi connectivity index (χ2v) is 9.08. The maximum atomic E-state index is 12.6. The highest BCUT2D eigenvalue weighted by Gasteiger charge is 2.34. The van der Waals surface area contributed by atoms with Gasteiger partial charge in [0, 0.05) is 24.0 Å². The van der Waals surface area contributed by atoms with E-state index < -0.39 is 28.0 Å². The molecule has 0 spiro atoms. The van der Waals surface area contributed by atoms with Crippen LogP contribution < -0.4 is 5.32 Å². The van der Waals surface area contributed by atoms with Gasteiger partial charge in [-0.2, -0.15) is 4.31 Å². The SMILES string of the molecule is CC(C)[C@@H](NC(=O)C1CCN(S(=O)(=O)c2ccc(Cl)cc2)CC1)C(=O)O. The highest BCUT2D eigenvalue weighted by molar-refractivity contribution is 7.89. The summed E-state index contributed by atoms with van der Waals surface area (Å²) in [6.45, 7) is 3.87. The minimum absolute atomic E-state index is 0.163. The molecule has 0 unspecified atom stereocenters. The summed E-state index contributed by atoms with van der Waals surface area (Å²) in [5.74, 6) is -2.04. The van der Waals surface area contributed by atoms with Crippen molar-refractivity contribution >= 4 is 33.5 Å². The Bertz CT molecular complexity index is 756. The molecule has 1 aromatic rings. The number of hydrogen-bond acceptors (Lipinski definition) is 4. The molecule has 0 aromatic heterocycles. The molecule has 1 amide bonds. The number of nitrogens with one attached hydrogen (secondary N) is 1. The lowest BCUT2D eigenvalue weighted by Crippen LogP contribution is -2.49. The van der Waals surface area contributed by atoms with Crippen molar-refractivity contribution in [2.45, 2.75) is 37.6 Å². The van der Waals surface area contributed by atoms with Gasteiger partial charge in [-0.15, -0.1) is 0 Å². The smallest absolute Gasteiger partial charge is 0.326 e. The van der Waals surface area contributed by atoms with E-state index in [-0.39, 0.29) is 29.8 Å². The fourth-order valence-electron chi connectivity index (χ4n) is 2.90. The minimum atomic E-state index is -3.63. The van der Waals surface area contributed by atoms with Crippen LogP contribution in [0.2, 0.25) is 5.02 Å². The van der Waals surface area contributed by atoms with Crippen molar-refractivity contribution in [3.8, 4) is 0 Å². The van der Waals surface area contributed by atoms with Crippen molar-refractivity contribution in [2.24, 2.45) is 11.8 Å². The summed E-state index contributed by atoms with van der Waals surface area (Å²) >= 11 is 5.79. The maximum absolute atomic E-state index is 12.6. The van der Waals surface area contributed by atoms with Crippen LogP contribution in [0.4, 0.5) is 0 Å². The number of carboxylic acids is 1. The van der Waals surface area contributed by atoms with E-state index in [0.29, 0.717) is 17.9 Å². The predicted molar refractivity (Wildman–Crippen MR) is 97.3 cm³/mol. The van der Waals surface area contributed by atoms with Crippen molar-refractivity contribution in [3.05, 3.63) is 29.3 Å². The number of sulfonamides is 1. The Morgan fingerprint density at radius 3 is 2.19 bits per heavy atom. The van der Waals surface area contributed by atoms with Gasteiger partial charge in [0.15, 0.2) is 0 Å². The number of hydrogen-bond donors (Lipinski definition) is 2. The van der Waals surface area contributed by atoms with E-state index in [0.717, 1.165) is 0 Å². The van der Waals surface area contributed by atoms with Crippen LogP contribution >= 0.6 is 11.6 Å². The van der Waals surface area contributed by atoms with Gasteiger partial charge in [0.25, 0.3) is 0 Å². The second-order valence-electron chi connectivity index (χ2n) is 6.70. The molecule has 9 heteroatoms. The summed E-state index contributed by atoms with van der Waals surface area (Å²) in [6, 6.07) is 5.00. The number of halogens is 1. The van der Waals surface area contributed by atoms with Crippen LogP contribution in [-0.2, 0) is 19.6 Å². The fourth-order valence-corrected chi connectivity index (χ4v) is 4.49. The number of nitrogens with zero attached hydrogens (tertiary/aromatic N) is 1. The van der Waals surface area contributed by atoms with Crippen LogP contribution in [0.3, 0.4) is 0 Å². The van der Waals surface area contributed by atoms with Gasteiger partial charge in [0.1, 0.15) is 6.04 Å². The van der Waals surface area contributed by atoms with Gasteiger partial charge in [-0.3, -0.25) is 4.79 Å². The normalized spacial score (nSPS) is 17.8. The molecule has 0 saturated carbocycles. The van der Waals surface area contributed by atoms with E-state index >= 15 is 0 Å². The monoisotopic (exact) mass is 402 g/mol. The minimum Gasteiger partial charge on any atom is -0.480 e. The molecule has 144 valence electrons. The van der Waals surface area contributed by atoms with Crippen molar-refractivity contribution in [1.82, 2.24) is 9.62 Å². The van der Waals surface area contributed by atoms with Gasteiger partial charge in [0.05, 0.1) is 4.90 Å². The zero-order valence-electron chi connectivity index (χ0n) is 14.7. The molecular formula is C17H23ClN2O5S. The molecule has 1 fully saturated rings. The summed E-state index contributed by atoms with van der Waals surface area (Å²) in [5.41, 5.74) is 0. The molecule has 2 rings (SSSR count). The Labute approximate surface area is 158 Å². The Hall–Kier alpha value is -1.64. The summed E-state index contributed by atoms with van der Waals surface area (Å²) in [7, 11) is -3.63. The highest BCUT2D eigenvalue weighted by Crippen LogP contribution is 2.25. The third kappa shape index (κ3) is 4.75. The van der Waals surface area contributed by atoms with Crippen LogP contribution in [0, 0.1) is 11.8 Å². The predicted octanol–water partition coefficient (Wildman–Crippen LogP) is 1.97. The molecule has 1 aromatic carbocycles. The largest absolute Gasteiger partial charge is 0.480 e. The van der Waals surface area contributed by atoms with Crippen molar-refractivity contribution in [3.63, 3.8) is 0 Å². The molecule has 1 heterocycles. The number of benzene rings is 1. The topological polar surface area (TPSA) is 104 Å². The number of aliphatic carboxylic acids is 1. The zero-order valence-corrected chi connectivity index (χ0v) is 16.3. The van der Waals surface area contributed by atoms with Gasteiger partial charge in [0.2, 0.25) is 15.9 Å². The van der Waals surface area contributed by atoms with E-state index in [4.69, 9.17) is 11.6 Å². The van der Waals surface area contributed by atoms with Crippen LogP contribution in [-0.4, -0.2) is 48.8 Å². The Balaban J connectivity index is 1.99. The second kappa shape index (κ2) is 8.37. The first-order valence-electron chi connectivity index (χ1n) is 8.42. The molecule has 1 atom stereocenters. The van der Waals surface area contributed by atoms with Crippen LogP contribution in [0.25, 0.3) is 0 Å². The maximum Gasteiger partial charge on any atom is 0.326 e. The zero-order chi connectivity index (χ0) is 19.5. The highest BCUT2D eigenvalue weighted by atomic mass is 35.5. The molecular weight excluding hydrogens is 380 g/mol. The number of carboxylic acid groups (broad SMARTS) is 1. The lowest BCUT2D eigenvalue weighted by Gasteiger charge is -2.31. The molecule has 2 N–H and O–H groups in total. The van der Waals surface area contributed by atoms with Crippen molar-refractivity contribution in [2.75, 3.05) is 13.1 Å². The molecule has 0 aliphatic carbocycles. The first-order valence-corrected chi connectivity index (χ1v) is 10.2. The van der Waals surface area contributed by atoms with Gasteiger partial charge >= 0.3 is 5.97 Å². The van der Waals surface area contributed by atoms with E-state index in [1.165, 1.54) is 28.6 Å². The van der Waals surface area contributed by atoms with Gasteiger partial charge in [-0.25, -0.2) is 13.2 Å². The van der Waals surface area contributed by atoms with Crippen LogP contribution in [0.1, 0.15) is 26.7 Å². The molecule has 0 bridgehead atoms. The van der Waals surface area contributed by atoms with E-state index in [1.54, 1.807) is 13.8 Å². The number of piperidine rings is 1. The first kappa shape index (κ1) is 20.7. The van der Waals surface area contributed by atoms with Gasteiger partial charge < -0.3 is 10.4 Å². The van der Waals surface area contributed by atoms with E-state index in [1.807, 2.05) is 0 Å². The number of amides is 1. The van der Waals surface area contributed by atoms with E-state index in [2.05, 4.69) is 5.32 Å². The quantitative estimate of drug-likeness (QED) is 0.757. The average molecular weight is 403 g/mol. The van der Waals surface area contributed by atoms with Crippen LogP contribution in [0.15, 0.2) is 29.2 Å². The Morgan fingerprint density at radius 2 is 1.73 bits per heavy atom. The summed E-state index contributed by atoms with van der Waals surface area (Å²) in [5, 5.41) is 12.2. The van der Waals surface area contributed by atoms with E-state index in [9.17, 15) is 23.1 Å². The number of carbonyl (C=O) groups excluding carboxylic acids is 1.